The molecule has 0 saturated carbocycles. The molecule has 3 nitrogen and oxygen atoms in total. The fraction of sp³-hybridized carbons (Fsp3) is 0.706. The third-order valence-corrected chi connectivity index (χ3v) is 4.22. The standard InChI is InChI=1S/C17H29N3/c1-3-7-15-8-6-12-20(13-11-15)17-10-5-9-16(19-17)14-18-4-2/h5,9-10,15,18H,3-4,6-8,11-14H2,1-2H3. The van der Waals surface area contributed by atoms with Crippen molar-refractivity contribution in [3.05, 3.63) is 23.9 Å². The fourth-order valence-electron chi connectivity index (χ4n) is 3.09. The molecular formula is C17H29N3. The summed E-state index contributed by atoms with van der Waals surface area (Å²) in [4.78, 5) is 7.29. The molecule has 1 fully saturated rings. The summed E-state index contributed by atoms with van der Waals surface area (Å²) in [6, 6.07) is 6.42. The SMILES string of the molecule is CCCC1CCCN(c2cccc(CNCC)n2)CC1. The summed E-state index contributed by atoms with van der Waals surface area (Å²) in [5.74, 6) is 2.09. The predicted octanol–water partition coefficient (Wildman–Crippen LogP) is 3.60. The first-order chi connectivity index (χ1) is 9.83. The van der Waals surface area contributed by atoms with Crippen LogP contribution < -0.4 is 10.2 Å². The topological polar surface area (TPSA) is 28.2 Å². The molecule has 0 bridgehead atoms. The molecule has 2 heterocycles. The van der Waals surface area contributed by atoms with E-state index in [4.69, 9.17) is 4.98 Å². The number of nitrogens with one attached hydrogen (secondary N) is 1. The van der Waals surface area contributed by atoms with E-state index in [0.29, 0.717) is 0 Å². The number of hydrogen-bond donors (Lipinski definition) is 1. The molecule has 0 aliphatic carbocycles. The van der Waals surface area contributed by atoms with Gasteiger partial charge in [-0.25, -0.2) is 4.98 Å². The van der Waals surface area contributed by atoms with Crippen LogP contribution in [0, 0.1) is 5.92 Å². The molecule has 1 aliphatic rings. The lowest BCUT2D eigenvalue weighted by atomic mass is 9.96. The molecule has 20 heavy (non-hydrogen) atoms. The smallest absolute Gasteiger partial charge is 0.128 e. The van der Waals surface area contributed by atoms with Crippen LogP contribution in [-0.2, 0) is 6.54 Å². The normalized spacial score (nSPS) is 19.9. The van der Waals surface area contributed by atoms with E-state index in [-0.39, 0.29) is 0 Å². The Labute approximate surface area is 123 Å². The van der Waals surface area contributed by atoms with E-state index in [1.54, 1.807) is 0 Å². The van der Waals surface area contributed by atoms with Gasteiger partial charge in [-0.15, -0.1) is 0 Å². The highest BCUT2D eigenvalue weighted by Gasteiger charge is 2.17. The Bertz CT molecular complexity index is 392. The van der Waals surface area contributed by atoms with E-state index < -0.39 is 0 Å². The Balaban J connectivity index is 1.96. The summed E-state index contributed by atoms with van der Waals surface area (Å²) in [5, 5.41) is 3.35. The zero-order chi connectivity index (χ0) is 14.2. The van der Waals surface area contributed by atoms with Gasteiger partial charge in [-0.05, 0) is 43.9 Å². The second-order valence-electron chi connectivity index (χ2n) is 5.84. The Morgan fingerprint density at radius 1 is 1.25 bits per heavy atom. The molecule has 1 N–H and O–H groups in total. The number of rotatable bonds is 6. The molecule has 1 aromatic heterocycles. The summed E-state index contributed by atoms with van der Waals surface area (Å²) >= 11 is 0. The van der Waals surface area contributed by atoms with Crippen LogP contribution in [0.4, 0.5) is 5.82 Å². The third kappa shape index (κ3) is 4.48. The maximum Gasteiger partial charge on any atom is 0.128 e. The monoisotopic (exact) mass is 275 g/mol. The summed E-state index contributed by atoms with van der Waals surface area (Å²) < 4.78 is 0. The highest BCUT2D eigenvalue weighted by Crippen LogP contribution is 2.24. The first-order valence-corrected chi connectivity index (χ1v) is 8.25. The van der Waals surface area contributed by atoms with Crippen molar-refractivity contribution in [2.45, 2.75) is 52.5 Å². The predicted molar refractivity (Wildman–Crippen MR) is 86.1 cm³/mol. The lowest BCUT2D eigenvalue weighted by molar-refractivity contribution is 0.435. The summed E-state index contributed by atoms with van der Waals surface area (Å²) in [5.41, 5.74) is 1.15. The second kappa shape index (κ2) is 8.25. The van der Waals surface area contributed by atoms with Crippen LogP contribution in [0.2, 0.25) is 0 Å². The van der Waals surface area contributed by atoms with Crippen molar-refractivity contribution >= 4 is 5.82 Å². The molecule has 3 heteroatoms. The van der Waals surface area contributed by atoms with Gasteiger partial charge in [0.05, 0.1) is 5.69 Å². The van der Waals surface area contributed by atoms with E-state index in [0.717, 1.165) is 37.1 Å². The number of anilines is 1. The molecule has 1 aliphatic heterocycles. The molecule has 1 aromatic rings. The highest BCUT2D eigenvalue weighted by atomic mass is 15.2. The van der Waals surface area contributed by atoms with Crippen LogP contribution in [0.5, 0.6) is 0 Å². The molecule has 1 saturated heterocycles. The lowest BCUT2D eigenvalue weighted by Crippen LogP contribution is -2.25. The average Bonchev–Trinajstić information content (AvgIpc) is 2.72. The molecule has 112 valence electrons. The van der Waals surface area contributed by atoms with Gasteiger partial charge < -0.3 is 10.2 Å². The maximum atomic E-state index is 4.81. The molecule has 2 rings (SSSR count). The van der Waals surface area contributed by atoms with Gasteiger partial charge in [0.2, 0.25) is 0 Å². The minimum absolute atomic E-state index is 0.872. The average molecular weight is 275 g/mol. The summed E-state index contributed by atoms with van der Waals surface area (Å²) in [6.45, 7) is 8.63. The minimum Gasteiger partial charge on any atom is -0.357 e. The van der Waals surface area contributed by atoms with E-state index >= 15 is 0 Å². The van der Waals surface area contributed by atoms with Gasteiger partial charge in [0.15, 0.2) is 0 Å². The van der Waals surface area contributed by atoms with Gasteiger partial charge in [0.1, 0.15) is 5.82 Å². The molecule has 0 amide bonds. The molecule has 0 spiro atoms. The quantitative estimate of drug-likeness (QED) is 0.860. The first-order valence-electron chi connectivity index (χ1n) is 8.25. The zero-order valence-corrected chi connectivity index (χ0v) is 13.1. The first kappa shape index (κ1) is 15.3. The van der Waals surface area contributed by atoms with Crippen molar-refractivity contribution in [3.8, 4) is 0 Å². The number of nitrogens with zero attached hydrogens (tertiary/aromatic N) is 2. The lowest BCUT2D eigenvalue weighted by Gasteiger charge is -2.22. The Morgan fingerprint density at radius 3 is 2.95 bits per heavy atom. The zero-order valence-electron chi connectivity index (χ0n) is 13.1. The van der Waals surface area contributed by atoms with Gasteiger partial charge in [-0.3, -0.25) is 0 Å². The van der Waals surface area contributed by atoms with E-state index in [1.165, 1.54) is 38.6 Å². The molecule has 0 aromatic carbocycles. The van der Waals surface area contributed by atoms with Crippen molar-refractivity contribution in [3.63, 3.8) is 0 Å². The van der Waals surface area contributed by atoms with Crippen LogP contribution in [-0.4, -0.2) is 24.6 Å². The fourth-order valence-corrected chi connectivity index (χ4v) is 3.09. The molecule has 0 radical (unpaired) electrons. The Kier molecular flexibility index (Phi) is 6.31. The van der Waals surface area contributed by atoms with Crippen molar-refractivity contribution < 1.29 is 0 Å². The minimum atomic E-state index is 0.872. The molecule has 1 unspecified atom stereocenters. The van der Waals surface area contributed by atoms with E-state index in [9.17, 15) is 0 Å². The largest absolute Gasteiger partial charge is 0.357 e. The van der Waals surface area contributed by atoms with E-state index in [2.05, 4.69) is 42.3 Å². The van der Waals surface area contributed by atoms with Crippen LogP contribution in [0.15, 0.2) is 18.2 Å². The molecular weight excluding hydrogens is 246 g/mol. The van der Waals surface area contributed by atoms with Crippen molar-refractivity contribution in [1.82, 2.24) is 10.3 Å². The van der Waals surface area contributed by atoms with Crippen molar-refractivity contribution in [1.29, 1.82) is 0 Å². The number of hydrogen-bond acceptors (Lipinski definition) is 3. The Hall–Kier alpha value is -1.09. The van der Waals surface area contributed by atoms with Crippen LogP contribution in [0.3, 0.4) is 0 Å². The van der Waals surface area contributed by atoms with Gasteiger partial charge in [-0.2, -0.15) is 0 Å². The van der Waals surface area contributed by atoms with Gasteiger partial charge >= 0.3 is 0 Å². The second-order valence-corrected chi connectivity index (χ2v) is 5.84. The van der Waals surface area contributed by atoms with Gasteiger partial charge in [0, 0.05) is 19.6 Å². The summed E-state index contributed by atoms with van der Waals surface area (Å²) in [7, 11) is 0. The van der Waals surface area contributed by atoms with Crippen molar-refractivity contribution in [2.24, 2.45) is 5.92 Å². The van der Waals surface area contributed by atoms with E-state index in [1.807, 2.05) is 0 Å². The number of pyridine rings is 1. The van der Waals surface area contributed by atoms with Crippen LogP contribution in [0.25, 0.3) is 0 Å². The highest BCUT2D eigenvalue weighted by molar-refractivity contribution is 5.39. The van der Waals surface area contributed by atoms with Crippen molar-refractivity contribution in [2.75, 3.05) is 24.5 Å². The van der Waals surface area contributed by atoms with Gasteiger partial charge in [0.25, 0.3) is 0 Å². The summed E-state index contributed by atoms with van der Waals surface area (Å²) in [6.07, 6.45) is 6.74. The Morgan fingerprint density at radius 2 is 2.15 bits per heavy atom. The van der Waals surface area contributed by atoms with Gasteiger partial charge in [-0.1, -0.05) is 32.8 Å². The maximum absolute atomic E-state index is 4.81. The van der Waals surface area contributed by atoms with Crippen LogP contribution in [0.1, 0.15) is 51.6 Å². The molecule has 1 atom stereocenters. The third-order valence-electron chi connectivity index (χ3n) is 4.22. The van der Waals surface area contributed by atoms with Crippen LogP contribution >= 0.6 is 0 Å². The number of aromatic nitrogens is 1.